The molecule has 0 aliphatic rings. The summed E-state index contributed by atoms with van der Waals surface area (Å²) in [6, 6.07) is 3.40. The molecule has 0 saturated carbocycles. The van der Waals surface area contributed by atoms with Crippen LogP contribution in [0.2, 0.25) is 5.15 Å². The molecule has 0 fully saturated rings. The van der Waals surface area contributed by atoms with Crippen molar-refractivity contribution in [2.45, 2.75) is 13.3 Å². The lowest BCUT2D eigenvalue weighted by atomic mass is 10.3. The van der Waals surface area contributed by atoms with E-state index in [2.05, 4.69) is 4.98 Å². The molecule has 130 valence electrons. The topological polar surface area (TPSA) is 77.2 Å². The maximum absolute atomic E-state index is 11.4. The molecule has 2 aromatic heterocycles. The number of aromatic nitrogens is 2. The highest BCUT2D eigenvalue weighted by Crippen LogP contribution is 2.37. The first-order valence-electron chi connectivity index (χ1n) is 7.05. The second kappa shape index (κ2) is 7.73. The Hall–Kier alpha value is -1.29. The largest absolute Gasteiger partial charge is 0.619 e. The van der Waals surface area contributed by atoms with Crippen LogP contribution in [0.4, 0.5) is 5.00 Å². The van der Waals surface area contributed by atoms with Crippen LogP contribution in [0, 0.1) is 5.21 Å². The zero-order chi connectivity index (χ0) is 17.9. The Labute approximate surface area is 155 Å². The van der Waals surface area contributed by atoms with Gasteiger partial charge in [-0.3, -0.25) is 0 Å². The maximum Gasteiger partial charge on any atom is 0.190 e. The van der Waals surface area contributed by atoms with Crippen molar-refractivity contribution in [3.63, 3.8) is 0 Å². The highest BCUT2D eigenvalue weighted by molar-refractivity contribution is 7.90. The van der Waals surface area contributed by atoms with Gasteiger partial charge in [-0.1, -0.05) is 35.2 Å². The second-order valence-corrected chi connectivity index (χ2v) is 9.15. The lowest BCUT2D eigenvalue weighted by molar-refractivity contribution is -0.604. The summed E-state index contributed by atoms with van der Waals surface area (Å²) in [5.74, 6) is -0.0134. The third-order valence-electron chi connectivity index (χ3n) is 3.14. The van der Waals surface area contributed by atoms with Crippen LogP contribution in [0.1, 0.15) is 13.3 Å². The first kappa shape index (κ1) is 19.0. The number of pyridine rings is 1. The van der Waals surface area contributed by atoms with Crippen LogP contribution in [0.25, 0.3) is 10.6 Å². The smallest absolute Gasteiger partial charge is 0.190 e. The van der Waals surface area contributed by atoms with Gasteiger partial charge < -0.3 is 10.1 Å². The van der Waals surface area contributed by atoms with Gasteiger partial charge in [0, 0.05) is 25.3 Å². The Balaban J connectivity index is 2.28. The summed E-state index contributed by atoms with van der Waals surface area (Å²) in [6.07, 6.45) is 4.23. The minimum atomic E-state index is -3.09. The number of nitrogens with zero attached hydrogens (tertiary/aromatic N) is 3. The lowest BCUT2D eigenvalue weighted by Gasteiger charge is -2.21. The van der Waals surface area contributed by atoms with E-state index >= 15 is 0 Å². The van der Waals surface area contributed by atoms with E-state index in [-0.39, 0.29) is 17.3 Å². The number of hydrogen-bond donors (Lipinski definition) is 0. The fourth-order valence-electron chi connectivity index (χ4n) is 2.01. The van der Waals surface area contributed by atoms with Crippen molar-refractivity contribution in [2.75, 3.05) is 23.5 Å². The quantitative estimate of drug-likeness (QED) is 0.417. The predicted molar refractivity (Wildman–Crippen MR) is 101 cm³/mol. The minimum Gasteiger partial charge on any atom is -0.619 e. The van der Waals surface area contributed by atoms with Gasteiger partial charge in [-0.15, -0.1) is 0 Å². The van der Waals surface area contributed by atoms with E-state index < -0.39 is 9.84 Å². The molecule has 0 N–H and O–H groups in total. The van der Waals surface area contributed by atoms with Crippen molar-refractivity contribution in [2.24, 2.45) is 0 Å². The molecule has 0 aromatic carbocycles. The molecule has 0 saturated heterocycles. The number of halogens is 1. The summed E-state index contributed by atoms with van der Waals surface area (Å²) < 4.78 is 23.3. The normalized spacial score (nSPS) is 11.5. The van der Waals surface area contributed by atoms with Crippen LogP contribution in [-0.4, -0.2) is 36.9 Å². The maximum atomic E-state index is 11.4. The molecule has 2 aromatic rings. The van der Waals surface area contributed by atoms with E-state index in [1.165, 1.54) is 30.0 Å². The Morgan fingerprint density at radius 3 is 2.83 bits per heavy atom. The predicted octanol–water partition coefficient (Wildman–Crippen LogP) is 2.69. The van der Waals surface area contributed by atoms with E-state index in [1.807, 2.05) is 6.92 Å². The van der Waals surface area contributed by atoms with Gasteiger partial charge in [0.15, 0.2) is 17.5 Å². The molecule has 0 radical (unpaired) electrons. The lowest BCUT2D eigenvalue weighted by Crippen LogP contribution is -2.30. The number of hydrogen-bond acceptors (Lipinski definition) is 6. The average Bonchev–Trinajstić information content (AvgIpc) is 2.87. The summed E-state index contributed by atoms with van der Waals surface area (Å²) in [5, 5.41) is 12.9. The van der Waals surface area contributed by atoms with Crippen LogP contribution in [-0.2, 0) is 9.84 Å². The Kier molecular flexibility index (Phi) is 6.13. The average molecular weight is 406 g/mol. The van der Waals surface area contributed by atoms with Crippen LogP contribution in [0.5, 0.6) is 0 Å². The third-order valence-corrected chi connectivity index (χ3v) is 6.01. The molecule has 0 aliphatic carbocycles. The first-order valence-corrected chi connectivity index (χ1v) is 10.7. The van der Waals surface area contributed by atoms with Crippen LogP contribution < -0.4 is 9.63 Å². The Morgan fingerprint density at radius 2 is 2.25 bits per heavy atom. The molecule has 0 unspecified atom stereocenters. The van der Waals surface area contributed by atoms with E-state index in [0.717, 1.165) is 0 Å². The monoisotopic (exact) mass is 405 g/mol. The summed E-state index contributed by atoms with van der Waals surface area (Å²) >= 11 is 12.9. The standard InChI is InChI=1S/C14H16ClN3O3S3/c1-3-18(11(22)6-8-24(2,20)21)14-12(15)16-13(23-14)10-5-4-7-17(19)9-10/h4-5,7,9H,3,6,8H2,1-2H3. The summed E-state index contributed by atoms with van der Waals surface area (Å²) in [5.41, 5.74) is 0.656. The molecule has 6 nitrogen and oxygen atoms in total. The van der Waals surface area contributed by atoms with Gasteiger partial charge in [0.2, 0.25) is 0 Å². The molecule has 24 heavy (non-hydrogen) atoms. The van der Waals surface area contributed by atoms with Crippen molar-refractivity contribution < 1.29 is 13.1 Å². The van der Waals surface area contributed by atoms with Crippen LogP contribution in [0.3, 0.4) is 0 Å². The molecule has 0 spiro atoms. The van der Waals surface area contributed by atoms with Gasteiger partial charge in [-0.2, -0.15) is 4.73 Å². The van der Waals surface area contributed by atoms with Crippen molar-refractivity contribution in [3.8, 4) is 10.6 Å². The fraction of sp³-hybridized carbons (Fsp3) is 0.357. The summed E-state index contributed by atoms with van der Waals surface area (Å²) in [6.45, 7) is 2.44. The first-order chi connectivity index (χ1) is 11.2. The molecule has 0 aliphatic heterocycles. The van der Waals surface area contributed by atoms with Crippen molar-refractivity contribution >= 4 is 55.0 Å². The zero-order valence-electron chi connectivity index (χ0n) is 13.1. The van der Waals surface area contributed by atoms with E-state index in [0.29, 0.717) is 31.8 Å². The van der Waals surface area contributed by atoms with Crippen molar-refractivity contribution in [3.05, 3.63) is 34.9 Å². The van der Waals surface area contributed by atoms with Gasteiger partial charge in [-0.05, 0) is 13.0 Å². The Morgan fingerprint density at radius 1 is 1.54 bits per heavy atom. The summed E-state index contributed by atoms with van der Waals surface area (Å²) in [7, 11) is -3.09. The van der Waals surface area contributed by atoms with Gasteiger partial charge in [0.1, 0.15) is 19.8 Å². The number of anilines is 1. The third kappa shape index (κ3) is 4.85. The van der Waals surface area contributed by atoms with Gasteiger partial charge in [-0.25, -0.2) is 13.4 Å². The van der Waals surface area contributed by atoms with E-state index in [4.69, 9.17) is 23.8 Å². The molecule has 10 heteroatoms. The zero-order valence-corrected chi connectivity index (χ0v) is 16.3. The number of sulfone groups is 1. The minimum absolute atomic E-state index is 0.0134. The summed E-state index contributed by atoms with van der Waals surface area (Å²) in [4.78, 5) is 6.56. The SMILES string of the molecule is CCN(C(=S)CCS(C)(=O)=O)c1sc(-c2ccc[n+]([O-])c2)nc1Cl. The molecule has 0 bridgehead atoms. The molecule has 2 heterocycles. The van der Waals surface area contributed by atoms with Gasteiger partial charge in [0.25, 0.3) is 0 Å². The Bertz CT molecular complexity index is 852. The second-order valence-electron chi connectivity index (χ2n) is 5.09. The number of thiazole rings is 1. The van der Waals surface area contributed by atoms with E-state index in [9.17, 15) is 13.6 Å². The molecule has 2 rings (SSSR count). The number of rotatable bonds is 6. The van der Waals surface area contributed by atoms with Gasteiger partial charge in [0.05, 0.1) is 16.3 Å². The van der Waals surface area contributed by atoms with Crippen molar-refractivity contribution in [1.82, 2.24) is 4.98 Å². The number of thiocarbonyl (C=S) groups is 1. The van der Waals surface area contributed by atoms with E-state index in [1.54, 1.807) is 17.0 Å². The fourth-order valence-corrected chi connectivity index (χ4v) is 4.47. The van der Waals surface area contributed by atoms with Gasteiger partial charge >= 0.3 is 0 Å². The van der Waals surface area contributed by atoms with Crippen LogP contribution in [0.15, 0.2) is 24.5 Å². The highest BCUT2D eigenvalue weighted by atomic mass is 35.5. The molecule has 0 atom stereocenters. The van der Waals surface area contributed by atoms with Crippen molar-refractivity contribution in [1.29, 1.82) is 0 Å². The highest BCUT2D eigenvalue weighted by Gasteiger charge is 2.20. The molecule has 0 amide bonds. The van der Waals surface area contributed by atoms with Crippen LogP contribution >= 0.6 is 35.2 Å². The molecular weight excluding hydrogens is 390 g/mol. The molecular formula is C14H16ClN3O3S3.